The normalized spacial score (nSPS) is 10.8. The second-order valence-corrected chi connectivity index (χ2v) is 5.20. The van der Waals surface area contributed by atoms with Crippen molar-refractivity contribution in [1.29, 1.82) is 0 Å². The SMILES string of the molecule is Cc1cc(C)c(CCl)c(Oc2cccc3cccnc23)n1. The van der Waals surface area contributed by atoms with Gasteiger partial charge in [0, 0.05) is 22.8 Å². The van der Waals surface area contributed by atoms with Gasteiger partial charge in [-0.2, -0.15) is 0 Å². The number of hydrogen-bond donors (Lipinski definition) is 0. The third-order valence-electron chi connectivity index (χ3n) is 3.37. The molecule has 0 aliphatic heterocycles. The van der Waals surface area contributed by atoms with E-state index in [1.807, 2.05) is 50.2 Å². The van der Waals surface area contributed by atoms with E-state index in [2.05, 4.69) is 9.97 Å². The van der Waals surface area contributed by atoms with Gasteiger partial charge in [0.2, 0.25) is 5.88 Å². The molecule has 2 heterocycles. The summed E-state index contributed by atoms with van der Waals surface area (Å²) < 4.78 is 6.02. The molecule has 21 heavy (non-hydrogen) atoms. The number of alkyl halides is 1. The fourth-order valence-electron chi connectivity index (χ4n) is 2.34. The number of aryl methyl sites for hydroxylation is 2. The van der Waals surface area contributed by atoms with Crippen molar-refractivity contribution in [2.45, 2.75) is 19.7 Å². The fourth-order valence-corrected chi connectivity index (χ4v) is 2.66. The molecule has 0 saturated heterocycles. The Hall–Kier alpha value is -2.13. The van der Waals surface area contributed by atoms with E-state index in [1.165, 1.54) is 0 Å². The van der Waals surface area contributed by atoms with Crippen LogP contribution in [0.15, 0.2) is 42.6 Å². The summed E-state index contributed by atoms with van der Waals surface area (Å²) in [6.07, 6.45) is 1.76. The van der Waals surface area contributed by atoms with E-state index >= 15 is 0 Å². The molecule has 3 rings (SSSR count). The van der Waals surface area contributed by atoms with Gasteiger partial charge in [-0.25, -0.2) is 4.98 Å². The Balaban J connectivity index is 2.11. The number of pyridine rings is 2. The van der Waals surface area contributed by atoms with Crippen LogP contribution in [0.3, 0.4) is 0 Å². The number of halogens is 1. The van der Waals surface area contributed by atoms with E-state index in [0.717, 1.165) is 27.7 Å². The summed E-state index contributed by atoms with van der Waals surface area (Å²) in [7, 11) is 0. The molecule has 0 N–H and O–H groups in total. The highest BCUT2D eigenvalue weighted by Crippen LogP contribution is 2.31. The minimum absolute atomic E-state index is 0.368. The number of nitrogens with zero attached hydrogens (tertiary/aromatic N) is 2. The lowest BCUT2D eigenvalue weighted by Crippen LogP contribution is -1.99. The van der Waals surface area contributed by atoms with Gasteiger partial charge in [0.1, 0.15) is 5.52 Å². The predicted octanol–water partition coefficient (Wildman–Crippen LogP) is 4.78. The number of hydrogen-bond acceptors (Lipinski definition) is 3. The molecule has 1 aromatic carbocycles. The molecule has 106 valence electrons. The highest BCUT2D eigenvalue weighted by molar-refractivity contribution is 6.17. The fraction of sp³-hybridized carbons (Fsp3) is 0.176. The summed E-state index contributed by atoms with van der Waals surface area (Å²) in [5.74, 6) is 1.62. The van der Waals surface area contributed by atoms with Gasteiger partial charge in [0.15, 0.2) is 5.75 Å². The van der Waals surface area contributed by atoms with E-state index in [1.54, 1.807) is 6.20 Å². The van der Waals surface area contributed by atoms with Crippen LogP contribution >= 0.6 is 11.6 Å². The quantitative estimate of drug-likeness (QED) is 0.653. The Kier molecular flexibility index (Phi) is 3.76. The third-order valence-corrected chi connectivity index (χ3v) is 3.64. The van der Waals surface area contributed by atoms with Crippen LogP contribution in [-0.4, -0.2) is 9.97 Å². The van der Waals surface area contributed by atoms with Gasteiger partial charge in [-0.05, 0) is 37.6 Å². The largest absolute Gasteiger partial charge is 0.436 e. The van der Waals surface area contributed by atoms with Crippen molar-refractivity contribution in [3.8, 4) is 11.6 Å². The van der Waals surface area contributed by atoms with Gasteiger partial charge in [0.25, 0.3) is 0 Å². The van der Waals surface area contributed by atoms with Gasteiger partial charge < -0.3 is 4.74 Å². The average Bonchev–Trinajstić information content (AvgIpc) is 2.47. The molecule has 0 aliphatic rings. The molecule has 0 radical (unpaired) electrons. The predicted molar refractivity (Wildman–Crippen MR) is 85.1 cm³/mol. The molecule has 0 fully saturated rings. The van der Waals surface area contributed by atoms with Crippen molar-refractivity contribution in [3.63, 3.8) is 0 Å². The minimum Gasteiger partial charge on any atom is -0.436 e. The van der Waals surface area contributed by atoms with Crippen LogP contribution in [0.2, 0.25) is 0 Å². The lowest BCUT2D eigenvalue weighted by molar-refractivity contribution is 0.460. The summed E-state index contributed by atoms with van der Waals surface area (Å²) in [5, 5.41) is 1.03. The zero-order valence-corrected chi connectivity index (χ0v) is 12.7. The molecule has 0 unspecified atom stereocenters. The second-order valence-electron chi connectivity index (χ2n) is 4.93. The summed E-state index contributed by atoms with van der Waals surface area (Å²) >= 11 is 6.04. The van der Waals surface area contributed by atoms with Crippen LogP contribution < -0.4 is 4.74 Å². The van der Waals surface area contributed by atoms with Crippen LogP contribution in [-0.2, 0) is 5.88 Å². The molecule has 4 heteroatoms. The van der Waals surface area contributed by atoms with Gasteiger partial charge in [-0.15, -0.1) is 11.6 Å². The number of aromatic nitrogens is 2. The van der Waals surface area contributed by atoms with Crippen molar-refractivity contribution in [3.05, 3.63) is 59.4 Å². The maximum absolute atomic E-state index is 6.04. The standard InChI is InChI=1S/C17H15ClN2O/c1-11-9-12(2)20-17(14(11)10-18)21-15-7-3-5-13-6-4-8-19-16(13)15/h3-9H,10H2,1-2H3. The maximum Gasteiger partial charge on any atom is 0.224 e. The van der Waals surface area contributed by atoms with Crippen LogP contribution in [0.25, 0.3) is 10.9 Å². The summed E-state index contributed by atoms with van der Waals surface area (Å²) in [6.45, 7) is 3.96. The molecule has 0 spiro atoms. The number of fused-ring (bicyclic) bond motifs is 1. The summed E-state index contributed by atoms with van der Waals surface area (Å²) in [4.78, 5) is 8.86. The molecule has 3 nitrogen and oxygen atoms in total. The van der Waals surface area contributed by atoms with Gasteiger partial charge in [-0.1, -0.05) is 18.2 Å². The van der Waals surface area contributed by atoms with Crippen molar-refractivity contribution in [1.82, 2.24) is 9.97 Å². The van der Waals surface area contributed by atoms with Gasteiger partial charge in [-0.3, -0.25) is 4.98 Å². The second kappa shape index (κ2) is 5.70. The third kappa shape index (κ3) is 2.69. The highest BCUT2D eigenvalue weighted by Gasteiger charge is 2.12. The van der Waals surface area contributed by atoms with E-state index < -0.39 is 0 Å². The lowest BCUT2D eigenvalue weighted by Gasteiger charge is -2.13. The Morgan fingerprint density at radius 2 is 1.95 bits per heavy atom. The smallest absolute Gasteiger partial charge is 0.224 e. The zero-order chi connectivity index (χ0) is 14.8. The van der Waals surface area contributed by atoms with E-state index in [0.29, 0.717) is 17.5 Å². The first kappa shape index (κ1) is 13.8. The van der Waals surface area contributed by atoms with Crippen LogP contribution in [0, 0.1) is 13.8 Å². The lowest BCUT2D eigenvalue weighted by atomic mass is 10.1. The zero-order valence-electron chi connectivity index (χ0n) is 11.9. The number of benzene rings is 1. The topological polar surface area (TPSA) is 35.0 Å². The number of para-hydroxylation sites is 1. The Labute approximate surface area is 128 Å². The molecular weight excluding hydrogens is 284 g/mol. The molecule has 0 aliphatic carbocycles. The van der Waals surface area contributed by atoms with Crippen molar-refractivity contribution >= 4 is 22.5 Å². The first-order valence-corrected chi connectivity index (χ1v) is 7.27. The van der Waals surface area contributed by atoms with Crippen molar-refractivity contribution in [2.75, 3.05) is 0 Å². The monoisotopic (exact) mass is 298 g/mol. The number of ether oxygens (including phenoxy) is 1. The summed E-state index contributed by atoms with van der Waals surface area (Å²) in [6, 6.07) is 11.8. The highest BCUT2D eigenvalue weighted by atomic mass is 35.5. The van der Waals surface area contributed by atoms with E-state index in [9.17, 15) is 0 Å². The van der Waals surface area contributed by atoms with E-state index in [-0.39, 0.29) is 0 Å². The molecular formula is C17H15ClN2O. The minimum atomic E-state index is 0.368. The van der Waals surface area contributed by atoms with Gasteiger partial charge >= 0.3 is 0 Å². The Morgan fingerprint density at radius 3 is 2.76 bits per heavy atom. The molecule has 3 aromatic rings. The average molecular weight is 299 g/mol. The summed E-state index contributed by atoms with van der Waals surface area (Å²) in [5.41, 5.74) is 3.72. The van der Waals surface area contributed by atoms with Crippen molar-refractivity contribution in [2.24, 2.45) is 0 Å². The molecule has 2 aromatic heterocycles. The first-order chi connectivity index (χ1) is 10.2. The van der Waals surface area contributed by atoms with Crippen molar-refractivity contribution < 1.29 is 4.74 Å². The Bertz CT molecular complexity index is 797. The van der Waals surface area contributed by atoms with E-state index in [4.69, 9.17) is 16.3 Å². The molecule has 0 saturated carbocycles. The first-order valence-electron chi connectivity index (χ1n) is 6.73. The van der Waals surface area contributed by atoms with Crippen LogP contribution in [0.5, 0.6) is 11.6 Å². The Morgan fingerprint density at radius 1 is 1.14 bits per heavy atom. The van der Waals surface area contributed by atoms with Gasteiger partial charge in [0.05, 0.1) is 5.88 Å². The maximum atomic E-state index is 6.04. The molecule has 0 amide bonds. The molecule has 0 bridgehead atoms. The molecule has 0 atom stereocenters. The number of rotatable bonds is 3. The van der Waals surface area contributed by atoms with Crippen LogP contribution in [0.4, 0.5) is 0 Å². The van der Waals surface area contributed by atoms with Crippen LogP contribution in [0.1, 0.15) is 16.8 Å².